The van der Waals surface area contributed by atoms with Crippen molar-refractivity contribution in [3.63, 3.8) is 0 Å². The van der Waals surface area contributed by atoms with Gasteiger partial charge in [-0.05, 0) is 36.6 Å². The number of aryl methyl sites for hydroxylation is 1. The number of carboxylic acid groups (broad SMARTS) is 1. The van der Waals surface area contributed by atoms with Gasteiger partial charge < -0.3 is 15.3 Å². The summed E-state index contributed by atoms with van der Waals surface area (Å²) in [6, 6.07) is 16.1. The van der Waals surface area contributed by atoms with Crippen molar-refractivity contribution in [1.29, 1.82) is 0 Å². The van der Waals surface area contributed by atoms with Crippen molar-refractivity contribution in [2.45, 2.75) is 12.8 Å². The van der Waals surface area contributed by atoms with Crippen molar-refractivity contribution in [3.8, 4) is 5.75 Å². The van der Waals surface area contributed by atoms with Crippen LogP contribution in [0.25, 0.3) is 0 Å². The molecule has 2 aromatic carbocycles. The Morgan fingerprint density at radius 1 is 1.00 bits per heavy atom. The molecule has 0 radical (unpaired) electrons. The van der Waals surface area contributed by atoms with E-state index in [4.69, 9.17) is 10.2 Å². The van der Waals surface area contributed by atoms with Crippen LogP contribution >= 0.6 is 0 Å². The maximum atomic E-state index is 10.6. The summed E-state index contributed by atoms with van der Waals surface area (Å²) >= 11 is 0. The fourth-order valence-electron chi connectivity index (χ4n) is 1.57. The zero-order valence-corrected chi connectivity index (χ0v) is 11.1. The van der Waals surface area contributed by atoms with Gasteiger partial charge in [0.2, 0.25) is 0 Å². The van der Waals surface area contributed by atoms with Gasteiger partial charge in [0.05, 0.1) is 5.56 Å². The molecule has 0 unspecified atom stereocenters. The van der Waals surface area contributed by atoms with Crippen molar-refractivity contribution in [2.75, 3.05) is 6.61 Å². The Kier molecular flexibility index (Phi) is 6.85. The van der Waals surface area contributed by atoms with Crippen LogP contribution in [0.4, 0.5) is 0 Å². The Morgan fingerprint density at radius 3 is 2.00 bits per heavy atom. The average Bonchev–Trinajstić information content (AvgIpc) is 2.48. The highest BCUT2D eigenvalue weighted by Crippen LogP contribution is 2.19. The molecule has 0 saturated heterocycles. The van der Waals surface area contributed by atoms with Crippen molar-refractivity contribution >= 4 is 5.97 Å². The Bertz CT molecular complexity index is 497. The zero-order chi connectivity index (χ0) is 14.8. The number of hydrogen-bond acceptors (Lipinski definition) is 3. The molecule has 20 heavy (non-hydrogen) atoms. The number of phenols is 1. The molecule has 0 aliphatic heterocycles. The van der Waals surface area contributed by atoms with Crippen LogP contribution in [0.3, 0.4) is 0 Å². The lowest BCUT2D eigenvalue weighted by atomic mass is 10.1. The molecule has 0 aliphatic rings. The molecule has 0 bridgehead atoms. The summed E-state index contributed by atoms with van der Waals surface area (Å²) in [5.41, 5.74) is 0.703. The average molecular weight is 274 g/mol. The first-order valence-electron chi connectivity index (χ1n) is 6.31. The second-order valence-corrected chi connectivity index (χ2v) is 4.13. The second-order valence-electron chi connectivity index (χ2n) is 4.13. The van der Waals surface area contributed by atoms with Gasteiger partial charge in [-0.25, -0.2) is 4.79 Å². The number of carboxylic acids is 1. The third kappa shape index (κ3) is 5.54. The van der Waals surface area contributed by atoms with Crippen LogP contribution in [0.2, 0.25) is 0 Å². The first-order valence-corrected chi connectivity index (χ1v) is 6.31. The lowest BCUT2D eigenvalue weighted by Crippen LogP contribution is -1.98. The minimum absolute atomic E-state index is 0.0245. The molecule has 106 valence electrons. The molecule has 0 atom stereocenters. The van der Waals surface area contributed by atoms with Gasteiger partial charge in [-0.2, -0.15) is 0 Å². The number of carbonyl (C=O) groups is 1. The molecular weight excluding hydrogens is 256 g/mol. The predicted octanol–water partition coefficient (Wildman–Crippen LogP) is 2.70. The second kappa shape index (κ2) is 8.72. The minimum Gasteiger partial charge on any atom is -0.508 e. The largest absolute Gasteiger partial charge is 0.508 e. The van der Waals surface area contributed by atoms with Crippen molar-refractivity contribution in [2.24, 2.45) is 0 Å². The van der Waals surface area contributed by atoms with E-state index in [0.29, 0.717) is 18.4 Å². The fourth-order valence-corrected chi connectivity index (χ4v) is 1.57. The number of aliphatic hydroxyl groups is 1. The van der Waals surface area contributed by atoms with Crippen molar-refractivity contribution < 1.29 is 20.1 Å². The highest BCUT2D eigenvalue weighted by molar-refractivity contribution is 5.88. The molecule has 4 heteroatoms. The molecule has 0 spiro atoms. The smallest absolute Gasteiger partial charge is 0.335 e. The van der Waals surface area contributed by atoms with E-state index in [1.54, 1.807) is 0 Å². The van der Waals surface area contributed by atoms with E-state index >= 15 is 0 Å². The van der Waals surface area contributed by atoms with Crippen LogP contribution in [0, 0.1) is 0 Å². The summed E-state index contributed by atoms with van der Waals surface area (Å²) in [6.45, 7) is 0.0245. The van der Waals surface area contributed by atoms with Gasteiger partial charge in [0, 0.05) is 6.61 Å². The lowest BCUT2D eigenvalue weighted by molar-refractivity contribution is 0.0696. The standard InChI is InChI=1S/C10H12O4.C6H6/c11-5-1-2-7-6-8(10(13)14)3-4-9(7)12;1-2-4-6-5-3-1/h3-4,6,11-12H,1-2,5H2,(H,13,14);1-6H. The van der Waals surface area contributed by atoms with Crippen LogP contribution in [-0.2, 0) is 6.42 Å². The Hall–Kier alpha value is -2.33. The Balaban J connectivity index is 0.000000276. The molecule has 0 saturated carbocycles. The van der Waals surface area contributed by atoms with Crippen LogP contribution in [0.5, 0.6) is 5.75 Å². The number of phenolic OH excluding ortho intramolecular Hbond substituents is 1. The van der Waals surface area contributed by atoms with E-state index in [0.717, 1.165) is 0 Å². The molecular formula is C16H18O4. The Morgan fingerprint density at radius 2 is 1.55 bits per heavy atom. The van der Waals surface area contributed by atoms with Gasteiger partial charge >= 0.3 is 5.97 Å². The first-order chi connectivity index (χ1) is 9.65. The highest BCUT2D eigenvalue weighted by atomic mass is 16.4. The van der Waals surface area contributed by atoms with Crippen molar-refractivity contribution in [3.05, 3.63) is 65.7 Å². The van der Waals surface area contributed by atoms with Gasteiger partial charge in [0.25, 0.3) is 0 Å². The van der Waals surface area contributed by atoms with Crippen LogP contribution in [-0.4, -0.2) is 27.9 Å². The van der Waals surface area contributed by atoms with Crippen molar-refractivity contribution in [1.82, 2.24) is 0 Å². The van der Waals surface area contributed by atoms with Gasteiger partial charge in [-0.3, -0.25) is 0 Å². The summed E-state index contributed by atoms with van der Waals surface area (Å²) in [5, 5.41) is 26.7. The number of rotatable bonds is 4. The molecule has 4 nitrogen and oxygen atoms in total. The molecule has 0 aliphatic carbocycles. The maximum Gasteiger partial charge on any atom is 0.335 e. The van der Waals surface area contributed by atoms with E-state index in [1.807, 2.05) is 36.4 Å². The molecule has 0 amide bonds. The summed E-state index contributed by atoms with van der Waals surface area (Å²) in [7, 11) is 0. The number of aromatic hydroxyl groups is 1. The minimum atomic E-state index is -1.02. The Labute approximate surface area is 117 Å². The van der Waals surface area contributed by atoms with Gasteiger partial charge in [0.15, 0.2) is 0 Å². The maximum absolute atomic E-state index is 10.6. The van der Waals surface area contributed by atoms with Gasteiger partial charge in [-0.15, -0.1) is 0 Å². The number of aliphatic hydroxyl groups excluding tert-OH is 1. The normalized spacial score (nSPS) is 9.45. The molecule has 3 N–H and O–H groups in total. The summed E-state index contributed by atoms with van der Waals surface area (Å²) < 4.78 is 0. The topological polar surface area (TPSA) is 77.8 Å². The zero-order valence-electron chi connectivity index (χ0n) is 11.1. The third-order valence-corrected chi connectivity index (χ3v) is 2.60. The lowest BCUT2D eigenvalue weighted by Gasteiger charge is -2.04. The van der Waals surface area contributed by atoms with E-state index < -0.39 is 5.97 Å². The van der Waals surface area contributed by atoms with E-state index in [2.05, 4.69) is 0 Å². The quantitative estimate of drug-likeness (QED) is 0.801. The number of aromatic carboxylic acids is 1. The molecule has 0 aromatic heterocycles. The molecule has 0 heterocycles. The first kappa shape index (κ1) is 15.7. The number of benzene rings is 2. The van der Waals surface area contributed by atoms with Gasteiger partial charge in [0.1, 0.15) is 5.75 Å². The summed E-state index contributed by atoms with van der Waals surface area (Å²) in [5.74, 6) is -0.946. The fraction of sp³-hybridized carbons (Fsp3) is 0.188. The molecule has 0 fully saturated rings. The van der Waals surface area contributed by atoms with E-state index in [-0.39, 0.29) is 17.9 Å². The monoisotopic (exact) mass is 274 g/mol. The predicted molar refractivity (Wildman–Crippen MR) is 76.9 cm³/mol. The summed E-state index contributed by atoms with van der Waals surface area (Å²) in [4.78, 5) is 10.6. The highest BCUT2D eigenvalue weighted by Gasteiger charge is 2.07. The van der Waals surface area contributed by atoms with E-state index in [1.165, 1.54) is 18.2 Å². The molecule has 2 rings (SSSR count). The third-order valence-electron chi connectivity index (χ3n) is 2.60. The van der Waals surface area contributed by atoms with E-state index in [9.17, 15) is 9.90 Å². The number of hydrogen-bond donors (Lipinski definition) is 3. The molecule has 2 aromatic rings. The van der Waals surface area contributed by atoms with Gasteiger partial charge in [-0.1, -0.05) is 36.4 Å². The SMILES string of the molecule is O=C(O)c1ccc(O)c(CCCO)c1.c1ccccc1. The van der Waals surface area contributed by atoms with Crippen LogP contribution in [0.15, 0.2) is 54.6 Å². The summed E-state index contributed by atoms with van der Waals surface area (Å²) in [6.07, 6.45) is 0.986. The van der Waals surface area contributed by atoms with Crippen LogP contribution in [0.1, 0.15) is 22.3 Å². The van der Waals surface area contributed by atoms with Crippen LogP contribution < -0.4 is 0 Å².